The molecule has 0 aromatic heterocycles. The van der Waals surface area contributed by atoms with Crippen LogP contribution < -0.4 is 5.32 Å². The largest absolute Gasteiger partial charge is 0.378 e. The summed E-state index contributed by atoms with van der Waals surface area (Å²) >= 11 is 0. The van der Waals surface area contributed by atoms with Crippen molar-refractivity contribution in [3.8, 4) is 0 Å². The first-order valence-electron chi connectivity index (χ1n) is 4.76. The molecule has 1 fully saturated rings. The molecule has 1 rings (SSSR count). The summed E-state index contributed by atoms with van der Waals surface area (Å²) in [6.45, 7) is 8.96. The molecule has 0 saturated carbocycles. The molecule has 1 aliphatic rings. The van der Waals surface area contributed by atoms with Gasteiger partial charge in [-0.25, -0.2) is 0 Å². The van der Waals surface area contributed by atoms with Gasteiger partial charge < -0.3 is 10.1 Å². The molecule has 0 unspecified atom stereocenters. The van der Waals surface area contributed by atoms with E-state index in [0.29, 0.717) is 6.10 Å². The second-order valence-electron chi connectivity index (χ2n) is 3.53. The summed E-state index contributed by atoms with van der Waals surface area (Å²) < 4.78 is 5.69. The molecule has 70 valence electrons. The molecule has 0 aromatic rings. The van der Waals surface area contributed by atoms with Crippen molar-refractivity contribution < 1.29 is 4.74 Å². The van der Waals surface area contributed by atoms with Crippen LogP contribution in [-0.2, 0) is 4.74 Å². The van der Waals surface area contributed by atoms with Gasteiger partial charge in [-0.3, -0.25) is 0 Å². The highest BCUT2D eigenvalue weighted by Crippen LogP contribution is 2.08. The van der Waals surface area contributed by atoms with Crippen molar-refractivity contribution in [2.24, 2.45) is 0 Å². The molecule has 2 heteroatoms. The van der Waals surface area contributed by atoms with Crippen molar-refractivity contribution in [3.05, 3.63) is 12.2 Å². The minimum atomic E-state index is 0.491. The maximum atomic E-state index is 5.69. The van der Waals surface area contributed by atoms with E-state index in [1.54, 1.807) is 0 Å². The third-order valence-corrected chi connectivity index (χ3v) is 2.17. The summed E-state index contributed by atoms with van der Waals surface area (Å²) in [6.07, 6.45) is 3.82. The van der Waals surface area contributed by atoms with Crippen LogP contribution in [0.2, 0.25) is 0 Å². The van der Waals surface area contributed by atoms with Crippen LogP contribution in [0.4, 0.5) is 0 Å². The number of hydrogen-bond donors (Lipinski definition) is 1. The molecule has 0 amide bonds. The van der Waals surface area contributed by atoms with Gasteiger partial charge in [0.1, 0.15) is 0 Å². The van der Waals surface area contributed by atoms with E-state index in [-0.39, 0.29) is 0 Å². The van der Waals surface area contributed by atoms with Gasteiger partial charge in [0.25, 0.3) is 0 Å². The summed E-state index contributed by atoms with van der Waals surface area (Å²) in [5, 5.41) is 3.32. The Morgan fingerprint density at radius 2 is 2.17 bits per heavy atom. The van der Waals surface area contributed by atoms with Crippen molar-refractivity contribution in [1.29, 1.82) is 0 Å². The van der Waals surface area contributed by atoms with Crippen molar-refractivity contribution >= 4 is 0 Å². The standard InChI is InChI=1S/C10H19NO/c1-9(2)5-8-12-10-3-6-11-7-4-10/h10-11H,1,3-8H2,2H3. The third kappa shape index (κ3) is 3.88. The normalized spacial score (nSPS) is 19.4. The number of nitrogens with one attached hydrogen (secondary N) is 1. The van der Waals surface area contributed by atoms with E-state index < -0.39 is 0 Å². The predicted octanol–water partition coefficient (Wildman–Crippen LogP) is 1.72. The molecule has 0 aliphatic carbocycles. The number of hydrogen-bond acceptors (Lipinski definition) is 2. The van der Waals surface area contributed by atoms with Gasteiger partial charge in [-0.05, 0) is 39.3 Å². The van der Waals surface area contributed by atoms with Crippen LogP contribution in [0.5, 0.6) is 0 Å². The van der Waals surface area contributed by atoms with Crippen LogP contribution in [0.1, 0.15) is 26.2 Å². The highest BCUT2D eigenvalue weighted by molar-refractivity contribution is 4.87. The molecule has 1 aliphatic heterocycles. The van der Waals surface area contributed by atoms with Crippen molar-refractivity contribution in [2.75, 3.05) is 19.7 Å². The Morgan fingerprint density at radius 3 is 2.75 bits per heavy atom. The van der Waals surface area contributed by atoms with Gasteiger partial charge in [0.05, 0.1) is 12.7 Å². The Bertz CT molecular complexity index is 139. The lowest BCUT2D eigenvalue weighted by atomic mass is 10.1. The summed E-state index contributed by atoms with van der Waals surface area (Å²) in [4.78, 5) is 0. The molecule has 2 nitrogen and oxygen atoms in total. The molecular formula is C10H19NO. The minimum absolute atomic E-state index is 0.491. The lowest BCUT2D eigenvalue weighted by Crippen LogP contribution is -2.32. The number of ether oxygens (including phenoxy) is 1. The first kappa shape index (κ1) is 9.75. The van der Waals surface area contributed by atoms with Gasteiger partial charge in [0.2, 0.25) is 0 Å². The fraction of sp³-hybridized carbons (Fsp3) is 0.800. The quantitative estimate of drug-likeness (QED) is 0.647. The van der Waals surface area contributed by atoms with Crippen LogP contribution in [0.3, 0.4) is 0 Å². The topological polar surface area (TPSA) is 21.3 Å². The second-order valence-corrected chi connectivity index (χ2v) is 3.53. The lowest BCUT2D eigenvalue weighted by Gasteiger charge is -2.22. The zero-order valence-electron chi connectivity index (χ0n) is 7.94. The van der Waals surface area contributed by atoms with Crippen LogP contribution in [0, 0.1) is 0 Å². The average molecular weight is 169 g/mol. The summed E-state index contributed by atoms with van der Waals surface area (Å²) in [5.41, 5.74) is 1.21. The van der Waals surface area contributed by atoms with E-state index in [4.69, 9.17) is 4.74 Å². The molecule has 1 heterocycles. The minimum Gasteiger partial charge on any atom is -0.378 e. The Balaban J connectivity index is 2.01. The number of piperidine rings is 1. The molecule has 0 radical (unpaired) electrons. The van der Waals surface area contributed by atoms with E-state index in [1.807, 2.05) is 6.92 Å². The molecule has 0 atom stereocenters. The van der Waals surface area contributed by atoms with Crippen molar-refractivity contribution in [2.45, 2.75) is 32.3 Å². The summed E-state index contributed by atoms with van der Waals surface area (Å²) in [6, 6.07) is 0. The SMILES string of the molecule is C=C(C)CCOC1CCNCC1. The van der Waals surface area contributed by atoms with E-state index >= 15 is 0 Å². The molecule has 0 bridgehead atoms. The molecule has 12 heavy (non-hydrogen) atoms. The van der Waals surface area contributed by atoms with Crippen molar-refractivity contribution in [1.82, 2.24) is 5.32 Å². The molecule has 0 aromatic carbocycles. The highest BCUT2D eigenvalue weighted by Gasteiger charge is 2.12. The second kappa shape index (κ2) is 5.33. The van der Waals surface area contributed by atoms with Gasteiger partial charge in [0, 0.05) is 0 Å². The molecule has 1 N–H and O–H groups in total. The smallest absolute Gasteiger partial charge is 0.0599 e. The molecule has 1 saturated heterocycles. The maximum Gasteiger partial charge on any atom is 0.0599 e. The summed E-state index contributed by atoms with van der Waals surface area (Å²) in [7, 11) is 0. The Labute approximate surface area is 75.0 Å². The first-order valence-corrected chi connectivity index (χ1v) is 4.76. The number of rotatable bonds is 4. The van der Waals surface area contributed by atoms with Gasteiger partial charge in [-0.2, -0.15) is 0 Å². The fourth-order valence-corrected chi connectivity index (χ4v) is 1.36. The maximum absolute atomic E-state index is 5.69. The summed E-state index contributed by atoms with van der Waals surface area (Å²) in [5.74, 6) is 0. The zero-order chi connectivity index (χ0) is 8.81. The predicted molar refractivity (Wildman–Crippen MR) is 51.3 cm³/mol. The van der Waals surface area contributed by atoms with Crippen LogP contribution in [-0.4, -0.2) is 25.8 Å². The van der Waals surface area contributed by atoms with Gasteiger partial charge >= 0.3 is 0 Å². The third-order valence-electron chi connectivity index (χ3n) is 2.17. The Hall–Kier alpha value is -0.340. The van der Waals surface area contributed by atoms with Crippen LogP contribution in [0.25, 0.3) is 0 Å². The Morgan fingerprint density at radius 1 is 1.50 bits per heavy atom. The van der Waals surface area contributed by atoms with Gasteiger partial charge in [-0.1, -0.05) is 5.57 Å². The van der Waals surface area contributed by atoms with Crippen LogP contribution >= 0.6 is 0 Å². The van der Waals surface area contributed by atoms with Crippen molar-refractivity contribution in [3.63, 3.8) is 0 Å². The van der Waals surface area contributed by atoms with Crippen LogP contribution in [0.15, 0.2) is 12.2 Å². The zero-order valence-corrected chi connectivity index (χ0v) is 7.94. The fourth-order valence-electron chi connectivity index (χ4n) is 1.36. The molecular weight excluding hydrogens is 150 g/mol. The molecule has 0 spiro atoms. The lowest BCUT2D eigenvalue weighted by molar-refractivity contribution is 0.0349. The van der Waals surface area contributed by atoms with Gasteiger partial charge in [0.15, 0.2) is 0 Å². The monoisotopic (exact) mass is 169 g/mol. The Kier molecular flexibility index (Phi) is 4.33. The highest BCUT2D eigenvalue weighted by atomic mass is 16.5. The average Bonchev–Trinajstić information content (AvgIpc) is 2.05. The van der Waals surface area contributed by atoms with E-state index in [2.05, 4.69) is 11.9 Å². The van der Waals surface area contributed by atoms with E-state index in [9.17, 15) is 0 Å². The van der Waals surface area contributed by atoms with Gasteiger partial charge in [-0.15, -0.1) is 6.58 Å². The van der Waals surface area contributed by atoms with E-state index in [0.717, 1.165) is 39.0 Å². The van der Waals surface area contributed by atoms with E-state index in [1.165, 1.54) is 5.57 Å². The first-order chi connectivity index (χ1) is 5.79.